The number of anilines is 1. The van der Waals surface area contributed by atoms with Gasteiger partial charge in [-0.1, -0.05) is 11.6 Å². The van der Waals surface area contributed by atoms with Crippen LogP contribution in [0.2, 0.25) is 5.02 Å². The molecule has 0 spiro atoms. The predicted octanol–water partition coefficient (Wildman–Crippen LogP) is 4.31. The van der Waals surface area contributed by atoms with Crippen molar-refractivity contribution >= 4 is 44.7 Å². The number of fused-ring (bicyclic) bond motifs is 1. The van der Waals surface area contributed by atoms with E-state index in [1.807, 2.05) is 13.8 Å². The third-order valence-electron chi connectivity index (χ3n) is 3.59. The number of hydrogen-bond acceptors (Lipinski definition) is 6. The Kier molecular flexibility index (Phi) is 5.06. The van der Waals surface area contributed by atoms with E-state index in [9.17, 15) is 4.79 Å². The number of carbonyl (C=O) groups excluding carboxylic acids is 1. The molecule has 0 unspecified atom stereocenters. The Morgan fingerprint density at radius 3 is 2.84 bits per heavy atom. The molecule has 1 amide bonds. The van der Waals surface area contributed by atoms with Crippen LogP contribution in [0.25, 0.3) is 10.2 Å². The Hall–Kier alpha value is -2.38. The van der Waals surface area contributed by atoms with Gasteiger partial charge in [0.2, 0.25) is 5.88 Å². The van der Waals surface area contributed by atoms with Crippen molar-refractivity contribution in [3.05, 3.63) is 40.0 Å². The van der Waals surface area contributed by atoms with Gasteiger partial charge < -0.3 is 14.8 Å². The van der Waals surface area contributed by atoms with Gasteiger partial charge in [0.05, 0.1) is 29.0 Å². The Balaban J connectivity index is 1.93. The lowest BCUT2D eigenvalue weighted by atomic mass is 10.2. The minimum Gasteiger partial charge on any atom is -0.495 e. The molecule has 0 aliphatic heterocycles. The number of halogens is 1. The van der Waals surface area contributed by atoms with Crippen molar-refractivity contribution in [1.82, 2.24) is 9.97 Å². The first-order valence-electron chi connectivity index (χ1n) is 7.57. The molecule has 1 N–H and O–H groups in total. The lowest BCUT2D eigenvalue weighted by molar-refractivity contribution is 0.103. The van der Waals surface area contributed by atoms with Crippen LogP contribution in [0.1, 0.15) is 22.2 Å². The van der Waals surface area contributed by atoms with E-state index in [0.717, 1.165) is 10.9 Å². The molecule has 6 nitrogen and oxygen atoms in total. The van der Waals surface area contributed by atoms with E-state index < -0.39 is 0 Å². The van der Waals surface area contributed by atoms with Crippen molar-refractivity contribution in [1.29, 1.82) is 0 Å². The van der Waals surface area contributed by atoms with Crippen molar-refractivity contribution in [2.45, 2.75) is 13.8 Å². The second-order valence-electron chi connectivity index (χ2n) is 5.15. The number of nitrogens with one attached hydrogen (secondary N) is 1. The summed E-state index contributed by atoms with van der Waals surface area (Å²) in [7, 11) is 1.54. The minimum absolute atomic E-state index is 0.232. The first-order valence-corrected chi connectivity index (χ1v) is 8.76. The molecule has 0 aliphatic carbocycles. The van der Waals surface area contributed by atoms with Gasteiger partial charge >= 0.3 is 0 Å². The van der Waals surface area contributed by atoms with Crippen molar-refractivity contribution in [2.24, 2.45) is 0 Å². The molecule has 0 atom stereocenters. The second kappa shape index (κ2) is 7.25. The van der Waals surface area contributed by atoms with E-state index in [4.69, 9.17) is 21.1 Å². The number of rotatable bonds is 5. The molecule has 0 fully saturated rings. The number of aromatic nitrogens is 2. The van der Waals surface area contributed by atoms with Gasteiger partial charge in [-0.15, -0.1) is 11.3 Å². The Morgan fingerprint density at radius 1 is 1.36 bits per heavy atom. The van der Waals surface area contributed by atoms with Crippen molar-refractivity contribution in [3.63, 3.8) is 0 Å². The van der Waals surface area contributed by atoms with Crippen LogP contribution in [-0.4, -0.2) is 29.6 Å². The number of aryl methyl sites for hydroxylation is 1. The first kappa shape index (κ1) is 17.4. The second-order valence-corrected chi connectivity index (χ2v) is 6.56. The number of methoxy groups -OCH3 is 1. The van der Waals surface area contributed by atoms with Crippen LogP contribution in [0.4, 0.5) is 5.69 Å². The molecule has 8 heteroatoms. The number of hydrogen-bond donors (Lipinski definition) is 1. The number of amides is 1. The number of benzene rings is 1. The zero-order valence-electron chi connectivity index (χ0n) is 13.9. The van der Waals surface area contributed by atoms with Gasteiger partial charge in [-0.25, -0.2) is 9.97 Å². The molecule has 0 aliphatic rings. The maximum absolute atomic E-state index is 12.7. The van der Waals surface area contributed by atoms with E-state index in [1.165, 1.54) is 24.8 Å². The molecule has 0 bridgehead atoms. The first-order chi connectivity index (χ1) is 12.0. The van der Waals surface area contributed by atoms with Gasteiger partial charge in [-0.3, -0.25) is 4.79 Å². The summed E-state index contributed by atoms with van der Waals surface area (Å²) in [6.07, 6.45) is 1.44. The van der Waals surface area contributed by atoms with Crippen LogP contribution in [0.3, 0.4) is 0 Å². The molecular weight excluding hydrogens is 362 g/mol. The summed E-state index contributed by atoms with van der Waals surface area (Å²) in [6.45, 7) is 4.24. The molecule has 3 rings (SSSR count). The molecule has 2 aromatic heterocycles. The topological polar surface area (TPSA) is 73.3 Å². The van der Waals surface area contributed by atoms with Crippen LogP contribution < -0.4 is 14.8 Å². The Labute approximate surface area is 153 Å². The monoisotopic (exact) mass is 377 g/mol. The summed E-state index contributed by atoms with van der Waals surface area (Å²) in [5, 5.41) is 4.05. The maximum Gasteiger partial charge on any atom is 0.266 e. The lowest BCUT2D eigenvalue weighted by Crippen LogP contribution is -2.11. The normalized spacial score (nSPS) is 10.7. The van der Waals surface area contributed by atoms with Crippen LogP contribution in [-0.2, 0) is 0 Å². The minimum atomic E-state index is -0.232. The molecule has 2 heterocycles. The number of nitrogens with zero attached hydrogens (tertiary/aromatic N) is 2. The third-order valence-corrected chi connectivity index (χ3v) is 5.08. The van der Waals surface area contributed by atoms with Crippen LogP contribution >= 0.6 is 22.9 Å². The fourth-order valence-corrected chi connectivity index (χ4v) is 3.73. The highest BCUT2D eigenvalue weighted by atomic mass is 35.5. The van der Waals surface area contributed by atoms with Gasteiger partial charge in [0, 0.05) is 5.69 Å². The number of ether oxygens (including phenoxy) is 2. The van der Waals surface area contributed by atoms with Crippen LogP contribution in [0.15, 0.2) is 24.5 Å². The van der Waals surface area contributed by atoms with E-state index >= 15 is 0 Å². The van der Waals surface area contributed by atoms with Gasteiger partial charge in [0.1, 0.15) is 16.9 Å². The average Bonchev–Trinajstić information content (AvgIpc) is 2.93. The fourth-order valence-electron chi connectivity index (χ4n) is 2.43. The summed E-state index contributed by atoms with van der Waals surface area (Å²) in [4.78, 5) is 22.3. The molecule has 1 aromatic carbocycles. The summed E-state index contributed by atoms with van der Waals surface area (Å²) < 4.78 is 10.7. The summed E-state index contributed by atoms with van der Waals surface area (Å²) in [6, 6.07) is 5.08. The molecule has 130 valence electrons. The summed E-state index contributed by atoms with van der Waals surface area (Å²) in [5.74, 6) is 0.811. The maximum atomic E-state index is 12.7. The van der Waals surface area contributed by atoms with Gasteiger partial charge in [-0.05, 0) is 37.6 Å². The third kappa shape index (κ3) is 3.38. The standard InChI is InChI=1S/C17H16ClN3O3S/c1-4-24-16-13-9(2)14(25-17(13)20-8-19-16)15(22)21-10-5-6-12(23-3)11(18)7-10/h5-8H,4H2,1-3H3,(H,21,22). The van der Waals surface area contributed by atoms with Crippen molar-refractivity contribution < 1.29 is 14.3 Å². The predicted molar refractivity (Wildman–Crippen MR) is 99.3 cm³/mol. The van der Waals surface area contributed by atoms with Crippen LogP contribution in [0.5, 0.6) is 11.6 Å². The molecule has 0 saturated heterocycles. The lowest BCUT2D eigenvalue weighted by Gasteiger charge is -2.08. The van der Waals surface area contributed by atoms with Crippen molar-refractivity contribution in [2.75, 3.05) is 19.0 Å². The van der Waals surface area contributed by atoms with Gasteiger partial charge in [0.15, 0.2) is 0 Å². The number of thiophene rings is 1. The van der Waals surface area contributed by atoms with Gasteiger partial charge in [-0.2, -0.15) is 0 Å². The quantitative estimate of drug-likeness (QED) is 0.717. The molecule has 0 radical (unpaired) electrons. The average molecular weight is 378 g/mol. The van der Waals surface area contributed by atoms with E-state index in [0.29, 0.717) is 38.7 Å². The molecular formula is C17H16ClN3O3S. The van der Waals surface area contributed by atoms with Gasteiger partial charge in [0.25, 0.3) is 5.91 Å². The SMILES string of the molecule is CCOc1ncnc2sc(C(=O)Nc3ccc(OC)c(Cl)c3)c(C)c12. The fraction of sp³-hybridized carbons (Fsp3) is 0.235. The van der Waals surface area contributed by atoms with E-state index in [2.05, 4.69) is 15.3 Å². The molecule has 3 aromatic rings. The zero-order valence-corrected chi connectivity index (χ0v) is 15.5. The summed E-state index contributed by atoms with van der Waals surface area (Å²) in [5.41, 5.74) is 1.38. The van der Waals surface area contributed by atoms with Crippen molar-refractivity contribution in [3.8, 4) is 11.6 Å². The largest absolute Gasteiger partial charge is 0.495 e. The molecule has 25 heavy (non-hydrogen) atoms. The molecule has 0 saturated carbocycles. The van der Waals surface area contributed by atoms with Crippen LogP contribution in [0, 0.1) is 6.92 Å². The Morgan fingerprint density at radius 2 is 2.16 bits per heavy atom. The van der Waals surface area contributed by atoms with E-state index in [1.54, 1.807) is 18.2 Å². The summed E-state index contributed by atoms with van der Waals surface area (Å²) >= 11 is 7.40. The zero-order chi connectivity index (χ0) is 18.0. The highest BCUT2D eigenvalue weighted by Gasteiger charge is 2.20. The Bertz CT molecular complexity index is 942. The highest BCUT2D eigenvalue weighted by molar-refractivity contribution is 7.20. The number of carbonyl (C=O) groups is 1. The highest BCUT2D eigenvalue weighted by Crippen LogP contribution is 2.35. The van der Waals surface area contributed by atoms with E-state index in [-0.39, 0.29) is 5.91 Å². The smallest absolute Gasteiger partial charge is 0.266 e.